The maximum Gasteiger partial charge on any atom is 0.270 e. The van der Waals surface area contributed by atoms with Gasteiger partial charge in [-0.05, 0) is 31.4 Å². The summed E-state index contributed by atoms with van der Waals surface area (Å²) in [6.07, 6.45) is 2.33. The zero-order chi connectivity index (χ0) is 24.9. The first kappa shape index (κ1) is 24.6. The number of carbonyl (C=O) groups excluding carboxylic acids is 1. The highest BCUT2D eigenvalue weighted by atomic mass is 35.5. The molecule has 1 aliphatic rings. The molecule has 0 saturated carbocycles. The molecule has 1 aromatic heterocycles. The van der Waals surface area contributed by atoms with E-state index in [4.69, 9.17) is 21.6 Å². The van der Waals surface area contributed by atoms with Gasteiger partial charge in [0.25, 0.3) is 11.6 Å². The summed E-state index contributed by atoms with van der Waals surface area (Å²) in [5, 5.41) is 11.1. The van der Waals surface area contributed by atoms with Gasteiger partial charge in [-0.2, -0.15) is 0 Å². The predicted molar refractivity (Wildman–Crippen MR) is 136 cm³/mol. The van der Waals surface area contributed by atoms with Crippen molar-refractivity contribution in [3.05, 3.63) is 91.9 Å². The standard InChI is InChI=1S/C26H28ClN5O3/c1-3-24-22(16-19-8-5-4-6-9-19)25(29-18(2)28-24)30-12-7-13-31(15-14-30)26(33)21-11-10-20(32(34)35)17-23(21)27/h4-6,8-11,17H,3,7,12-16H2,1-2H3. The van der Waals surface area contributed by atoms with Gasteiger partial charge in [0.1, 0.15) is 11.6 Å². The van der Waals surface area contributed by atoms with Crippen LogP contribution in [0.25, 0.3) is 0 Å². The van der Waals surface area contributed by atoms with Gasteiger partial charge < -0.3 is 9.80 Å². The molecule has 2 heterocycles. The molecule has 35 heavy (non-hydrogen) atoms. The lowest BCUT2D eigenvalue weighted by Gasteiger charge is -2.26. The number of rotatable bonds is 6. The number of non-ortho nitro benzene ring substituents is 1. The molecule has 1 aliphatic heterocycles. The molecule has 3 aromatic rings. The van der Waals surface area contributed by atoms with Crippen LogP contribution in [0.1, 0.15) is 46.3 Å². The molecule has 4 rings (SSSR count). The Morgan fingerprint density at radius 2 is 1.86 bits per heavy atom. The molecular formula is C26H28ClN5O3. The largest absolute Gasteiger partial charge is 0.354 e. The molecule has 1 saturated heterocycles. The molecule has 9 heteroatoms. The number of nitrogens with zero attached hydrogens (tertiary/aromatic N) is 5. The predicted octanol–water partition coefficient (Wildman–Crippen LogP) is 4.85. The number of anilines is 1. The fraction of sp³-hybridized carbons (Fsp3) is 0.346. The van der Waals surface area contributed by atoms with Gasteiger partial charge in [-0.25, -0.2) is 9.97 Å². The van der Waals surface area contributed by atoms with Crippen LogP contribution in [0.15, 0.2) is 48.5 Å². The van der Waals surface area contributed by atoms with Crippen LogP contribution in [0, 0.1) is 17.0 Å². The van der Waals surface area contributed by atoms with E-state index >= 15 is 0 Å². The topological polar surface area (TPSA) is 92.5 Å². The summed E-state index contributed by atoms with van der Waals surface area (Å²) >= 11 is 6.22. The highest BCUT2D eigenvalue weighted by Crippen LogP contribution is 2.27. The van der Waals surface area contributed by atoms with E-state index in [9.17, 15) is 14.9 Å². The number of nitro benzene ring substituents is 1. The lowest BCUT2D eigenvalue weighted by atomic mass is 10.0. The molecular weight excluding hydrogens is 466 g/mol. The second-order valence-corrected chi connectivity index (χ2v) is 9.00. The zero-order valence-electron chi connectivity index (χ0n) is 19.9. The van der Waals surface area contributed by atoms with Gasteiger partial charge in [-0.3, -0.25) is 14.9 Å². The molecule has 0 spiro atoms. The Labute approximate surface area is 209 Å². The number of carbonyl (C=O) groups is 1. The van der Waals surface area contributed by atoms with Crippen LogP contribution in [0.4, 0.5) is 11.5 Å². The second kappa shape index (κ2) is 10.8. The van der Waals surface area contributed by atoms with Crippen LogP contribution in [-0.2, 0) is 12.8 Å². The van der Waals surface area contributed by atoms with Crippen LogP contribution in [0.3, 0.4) is 0 Å². The van der Waals surface area contributed by atoms with Crippen LogP contribution >= 0.6 is 11.6 Å². The second-order valence-electron chi connectivity index (χ2n) is 8.59. The third-order valence-corrected chi connectivity index (χ3v) is 6.53. The summed E-state index contributed by atoms with van der Waals surface area (Å²) in [5.74, 6) is 1.45. The van der Waals surface area contributed by atoms with Gasteiger partial charge in [0.15, 0.2) is 0 Å². The van der Waals surface area contributed by atoms with Gasteiger partial charge in [0, 0.05) is 56.0 Å². The van der Waals surface area contributed by atoms with E-state index in [0.29, 0.717) is 19.6 Å². The third kappa shape index (κ3) is 5.59. The van der Waals surface area contributed by atoms with Gasteiger partial charge in [-0.1, -0.05) is 48.9 Å². The third-order valence-electron chi connectivity index (χ3n) is 6.22. The Morgan fingerprint density at radius 1 is 1.09 bits per heavy atom. The Morgan fingerprint density at radius 3 is 2.54 bits per heavy atom. The van der Waals surface area contributed by atoms with E-state index in [1.807, 2.05) is 25.1 Å². The number of benzene rings is 2. The Balaban J connectivity index is 1.57. The van der Waals surface area contributed by atoms with Gasteiger partial charge >= 0.3 is 0 Å². The average Bonchev–Trinajstić information content (AvgIpc) is 3.11. The molecule has 2 aromatic carbocycles. The van der Waals surface area contributed by atoms with Crippen molar-refractivity contribution >= 4 is 29.0 Å². The van der Waals surface area contributed by atoms with Crippen molar-refractivity contribution in [1.29, 1.82) is 0 Å². The summed E-state index contributed by atoms with van der Waals surface area (Å²) in [5.41, 5.74) is 3.52. The summed E-state index contributed by atoms with van der Waals surface area (Å²) in [6, 6.07) is 14.3. The number of halogens is 1. The van der Waals surface area contributed by atoms with Gasteiger partial charge in [0.05, 0.1) is 15.5 Å². The summed E-state index contributed by atoms with van der Waals surface area (Å²) in [6.45, 7) is 6.48. The minimum Gasteiger partial charge on any atom is -0.354 e. The van der Waals surface area contributed by atoms with E-state index in [0.717, 1.165) is 48.7 Å². The van der Waals surface area contributed by atoms with E-state index in [1.54, 1.807) is 4.90 Å². The van der Waals surface area contributed by atoms with Crippen molar-refractivity contribution in [2.24, 2.45) is 0 Å². The first-order valence-corrected chi connectivity index (χ1v) is 12.1. The monoisotopic (exact) mass is 493 g/mol. The quantitative estimate of drug-likeness (QED) is 0.360. The number of nitro groups is 1. The smallest absolute Gasteiger partial charge is 0.270 e. The van der Waals surface area contributed by atoms with E-state index in [-0.39, 0.29) is 22.2 Å². The fourth-order valence-corrected chi connectivity index (χ4v) is 4.72. The summed E-state index contributed by atoms with van der Waals surface area (Å²) in [7, 11) is 0. The molecule has 1 amide bonds. The molecule has 0 atom stereocenters. The normalized spacial score (nSPS) is 14.0. The van der Waals surface area contributed by atoms with E-state index < -0.39 is 4.92 Å². The molecule has 0 unspecified atom stereocenters. The molecule has 182 valence electrons. The minimum atomic E-state index is -0.523. The van der Waals surface area contributed by atoms with Crippen LogP contribution < -0.4 is 4.90 Å². The maximum atomic E-state index is 13.2. The molecule has 0 radical (unpaired) electrons. The van der Waals surface area contributed by atoms with Crippen LogP contribution in [-0.4, -0.2) is 51.9 Å². The first-order valence-electron chi connectivity index (χ1n) is 11.8. The number of hydrogen-bond donors (Lipinski definition) is 0. The molecule has 1 fully saturated rings. The van der Waals surface area contributed by atoms with Crippen molar-refractivity contribution in [1.82, 2.24) is 14.9 Å². The summed E-state index contributed by atoms with van der Waals surface area (Å²) < 4.78 is 0. The number of amides is 1. The maximum absolute atomic E-state index is 13.2. The average molecular weight is 494 g/mol. The summed E-state index contributed by atoms with van der Waals surface area (Å²) in [4.78, 5) is 37.2. The number of aromatic nitrogens is 2. The highest BCUT2D eigenvalue weighted by molar-refractivity contribution is 6.34. The van der Waals surface area contributed by atoms with Crippen LogP contribution in [0.5, 0.6) is 0 Å². The highest BCUT2D eigenvalue weighted by Gasteiger charge is 2.25. The zero-order valence-corrected chi connectivity index (χ0v) is 20.7. The Bertz CT molecular complexity index is 1240. The van der Waals surface area contributed by atoms with Crippen molar-refractivity contribution in [2.45, 2.75) is 33.1 Å². The number of hydrogen-bond acceptors (Lipinski definition) is 6. The first-order chi connectivity index (χ1) is 16.9. The fourth-order valence-electron chi connectivity index (χ4n) is 4.47. The molecule has 8 nitrogen and oxygen atoms in total. The van der Waals surface area contributed by atoms with Gasteiger partial charge in [0.2, 0.25) is 0 Å². The Hall–Kier alpha value is -3.52. The van der Waals surface area contributed by atoms with E-state index in [1.165, 1.54) is 23.8 Å². The van der Waals surface area contributed by atoms with Gasteiger partial charge in [-0.15, -0.1) is 0 Å². The van der Waals surface area contributed by atoms with Crippen molar-refractivity contribution in [2.75, 3.05) is 31.1 Å². The van der Waals surface area contributed by atoms with E-state index in [2.05, 4.69) is 24.0 Å². The Kier molecular flexibility index (Phi) is 7.60. The van der Waals surface area contributed by atoms with Crippen molar-refractivity contribution in [3.63, 3.8) is 0 Å². The molecule has 0 bridgehead atoms. The van der Waals surface area contributed by atoms with Crippen molar-refractivity contribution in [3.8, 4) is 0 Å². The molecule has 0 aliphatic carbocycles. The van der Waals surface area contributed by atoms with Crippen LogP contribution in [0.2, 0.25) is 5.02 Å². The lowest BCUT2D eigenvalue weighted by Crippen LogP contribution is -2.36. The number of aryl methyl sites for hydroxylation is 2. The SMILES string of the molecule is CCc1nc(C)nc(N2CCCN(C(=O)c3ccc([N+](=O)[O-])cc3Cl)CC2)c1Cc1ccccc1. The minimum absolute atomic E-state index is 0.0921. The van der Waals surface area contributed by atoms with Crippen molar-refractivity contribution < 1.29 is 9.72 Å². The lowest BCUT2D eigenvalue weighted by molar-refractivity contribution is -0.384. The molecule has 0 N–H and O–H groups in total.